The van der Waals surface area contributed by atoms with Crippen LogP contribution in [0.5, 0.6) is 0 Å². The van der Waals surface area contributed by atoms with Gasteiger partial charge in [-0.15, -0.1) is 0 Å². The second-order valence-electron chi connectivity index (χ2n) is 7.14. The lowest BCUT2D eigenvalue weighted by molar-refractivity contribution is -0.118. The zero-order valence-electron chi connectivity index (χ0n) is 16.9. The van der Waals surface area contributed by atoms with Crippen molar-refractivity contribution in [2.75, 3.05) is 43.4 Å². The van der Waals surface area contributed by atoms with Gasteiger partial charge in [0.2, 0.25) is 5.91 Å². The van der Waals surface area contributed by atoms with E-state index in [2.05, 4.69) is 25.5 Å². The van der Waals surface area contributed by atoms with E-state index in [4.69, 9.17) is 11.6 Å². The quantitative estimate of drug-likeness (QED) is 0.393. The van der Waals surface area contributed by atoms with Crippen LogP contribution in [-0.2, 0) is 4.79 Å². The van der Waals surface area contributed by atoms with Crippen molar-refractivity contribution >= 4 is 41.1 Å². The molecule has 3 amide bonds. The van der Waals surface area contributed by atoms with Crippen molar-refractivity contribution < 1.29 is 9.59 Å². The predicted octanol–water partition coefficient (Wildman–Crippen LogP) is 2.23. The van der Waals surface area contributed by atoms with Crippen LogP contribution in [0.3, 0.4) is 0 Å². The Labute approximate surface area is 175 Å². The second-order valence-corrected chi connectivity index (χ2v) is 8.47. The number of nitrogens with zero attached hydrogens (tertiary/aromatic N) is 4. The third kappa shape index (κ3) is 6.70. The first kappa shape index (κ1) is 22.5. The van der Waals surface area contributed by atoms with Crippen LogP contribution in [0.4, 0.5) is 10.6 Å². The van der Waals surface area contributed by atoms with Crippen molar-refractivity contribution in [2.24, 2.45) is 5.92 Å². The number of thioether (sulfide) groups is 1. The third-order valence-corrected chi connectivity index (χ3v) is 5.28. The van der Waals surface area contributed by atoms with Crippen molar-refractivity contribution in [3.05, 3.63) is 11.2 Å². The van der Waals surface area contributed by atoms with Crippen LogP contribution in [0.2, 0.25) is 5.15 Å². The summed E-state index contributed by atoms with van der Waals surface area (Å²) in [4.78, 5) is 36.7. The Balaban J connectivity index is 1.97. The van der Waals surface area contributed by atoms with Gasteiger partial charge in [0.15, 0.2) is 5.16 Å². The largest absolute Gasteiger partial charge is 0.355 e. The van der Waals surface area contributed by atoms with Crippen LogP contribution in [0, 0.1) is 5.92 Å². The van der Waals surface area contributed by atoms with Crippen molar-refractivity contribution in [3.63, 3.8) is 0 Å². The minimum atomic E-state index is -0.0481. The summed E-state index contributed by atoms with van der Waals surface area (Å²) in [6.45, 7) is 11.2. The number of rotatable bonds is 7. The highest BCUT2D eigenvalue weighted by Crippen LogP contribution is 2.24. The lowest BCUT2D eigenvalue weighted by Gasteiger charge is -2.40. The maximum atomic E-state index is 12.1. The number of anilines is 1. The molecule has 1 saturated heterocycles. The highest BCUT2D eigenvalue weighted by molar-refractivity contribution is 7.99. The zero-order valence-corrected chi connectivity index (χ0v) is 18.4. The second kappa shape index (κ2) is 10.7. The van der Waals surface area contributed by atoms with Gasteiger partial charge in [-0.25, -0.2) is 14.8 Å². The Kier molecular flexibility index (Phi) is 8.62. The molecule has 2 heterocycles. The van der Waals surface area contributed by atoms with Gasteiger partial charge in [-0.05, 0) is 19.8 Å². The first-order valence-corrected chi connectivity index (χ1v) is 10.9. The van der Waals surface area contributed by atoms with Crippen LogP contribution in [0.25, 0.3) is 0 Å². The lowest BCUT2D eigenvalue weighted by atomic mass is 10.2. The average Bonchev–Trinajstić information content (AvgIpc) is 2.64. The van der Waals surface area contributed by atoms with E-state index in [0.717, 1.165) is 0 Å². The fourth-order valence-electron chi connectivity index (χ4n) is 2.83. The molecule has 1 aliphatic rings. The van der Waals surface area contributed by atoms with Gasteiger partial charge in [0.25, 0.3) is 0 Å². The number of piperazine rings is 1. The molecule has 1 aromatic rings. The highest BCUT2D eigenvalue weighted by atomic mass is 35.5. The van der Waals surface area contributed by atoms with E-state index in [1.807, 2.05) is 32.6 Å². The van der Waals surface area contributed by atoms with Gasteiger partial charge in [-0.1, -0.05) is 37.2 Å². The minimum absolute atomic E-state index is 0.0426. The van der Waals surface area contributed by atoms with Crippen molar-refractivity contribution in [2.45, 2.75) is 38.9 Å². The molecule has 0 aromatic carbocycles. The van der Waals surface area contributed by atoms with Gasteiger partial charge >= 0.3 is 6.03 Å². The van der Waals surface area contributed by atoms with Crippen molar-refractivity contribution in [3.8, 4) is 0 Å². The van der Waals surface area contributed by atoms with E-state index >= 15 is 0 Å². The summed E-state index contributed by atoms with van der Waals surface area (Å²) in [5.74, 6) is 1.32. The fourth-order valence-corrected chi connectivity index (χ4v) is 3.74. The highest BCUT2D eigenvalue weighted by Gasteiger charge is 2.28. The standard InChI is InChI=1S/C18H29ClN6O2S/c1-5-20-18(27)25-7-6-24(10-13(25)4)15-8-14(19)22-17(23-15)28-11-16(26)21-9-12(2)3/h8,12-13H,5-7,9-11H2,1-4H3,(H,20,27)(H,21,26)/t13-/m1/s1. The third-order valence-electron chi connectivity index (χ3n) is 4.24. The normalized spacial score (nSPS) is 17.0. The number of halogens is 1. The molecule has 10 heteroatoms. The van der Waals surface area contributed by atoms with Crippen molar-refractivity contribution in [1.82, 2.24) is 25.5 Å². The maximum Gasteiger partial charge on any atom is 0.317 e. The Morgan fingerprint density at radius 3 is 2.71 bits per heavy atom. The van der Waals surface area contributed by atoms with E-state index in [9.17, 15) is 9.59 Å². The number of amides is 3. The molecule has 1 atom stereocenters. The molecule has 0 unspecified atom stereocenters. The first-order valence-electron chi connectivity index (χ1n) is 9.53. The number of nitrogens with one attached hydrogen (secondary N) is 2. The van der Waals surface area contributed by atoms with Gasteiger partial charge in [0, 0.05) is 44.8 Å². The van der Waals surface area contributed by atoms with E-state index in [1.54, 1.807) is 6.07 Å². The molecule has 1 fully saturated rings. The summed E-state index contributed by atoms with van der Waals surface area (Å²) in [7, 11) is 0. The van der Waals surface area contributed by atoms with E-state index in [-0.39, 0.29) is 23.7 Å². The van der Waals surface area contributed by atoms with E-state index in [0.29, 0.717) is 54.8 Å². The Hall–Kier alpha value is -1.74. The summed E-state index contributed by atoms with van der Waals surface area (Å²) < 4.78 is 0. The molecular weight excluding hydrogens is 400 g/mol. The Morgan fingerprint density at radius 1 is 1.32 bits per heavy atom. The average molecular weight is 429 g/mol. The molecular formula is C18H29ClN6O2S. The maximum absolute atomic E-state index is 12.1. The molecule has 2 rings (SSSR count). The van der Waals surface area contributed by atoms with Crippen molar-refractivity contribution in [1.29, 1.82) is 0 Å². The van der Waals surface area contributed by atoms with Crippen LogP contribution in [0.15, 0.2) is 11.2 Å². The van der Waals surface area contributed by atoms with Crippen LogP contribution >= 0.6 is 23.4 Å². The van der Waals surface area contributed by atoms with Gasteiger partial charge in [-0.3, -0.25) is 4.79 Å². The van der Waals surface area contributed by atoms with Gasteiger partial charge in [0.05, 0.1) is 5.75 Å². The van der Waals surface area contributed by atoms with Crippen LogP contribution in [-0.4, -0.2) is 71.3 Å². The molecule has 0 bridgehead atoms. The smallest absolute Gasteiger partial charge is 0.317 e. The fraction of sp³-hybridized carbons (Fsp3) is 0.667. The number of carbonyl (C=O) groups is 2. The number of hydrogen-bond donors (Lipinski definition) is 2. The number of hydrogen-bond acceptors (Lipinski definition) is 6. The first-order chi connectivity index (χ1) is 13.3. The molecule has 28 heavy (non-hydrogen) atoms. The minimum Gasteiger partial charge on any atom is -0.355 e. The molecule has 156 valence electrons. The number of urea groups is 1. The summed E-state index contributed by atoms with van der Waals surface area (Å²) in [5.41, 5.74) is 0. The van der Waals surface area contributed by atoms with Gasteiger partial charge < -0.3 is 20.4 Å². The topological polar surface area (TPSA) is 90.5 Å². The van der Waals surface area contributed by atoms with E-state index < -0.39 is 0 Å². The summed E-state index contributed by atoms with van der Waals surface area (Å²) >= 11 is 7.44. The molecule has 0 saturated carbocycles. The monoisotopic (exact) mass is 428 g/mol. The molecule has 0 radical (unpaired) electrons. The molecule has 1 aliphatic heterocycles. The van der Waals surface area contributed by atoms with Crippen LogP contribution < -0.4 is 15.5 Å². The summed E-state index contributed by atoms with van der Waals surface area (Å²) in [6.07, 6.45) is 0. The Morgan fingerprint density at radius 2 is 2.07 bits per heavy atom. The van der Waals surface area contributed by atoms with Gasteiger partial charge in [-0.2, -0.15) is 0 Å². The number of carbonyl (C=O) groups excluding carboxylic acids is 2. The van der Waals surface area contributed by atoms with E-state index in [1.165, 1.54) is 11.8 Å². The van der Waals surface area contributed by atoms with Crippen LogP contribution in [0.1, 0.15) is 27.7 Å². The SMILES string of the molecule is CCNC(=O)N1CCN(c2cc(Cl)nc(SCC(=O)NCC(C)C)n2)C[C@H]1C. The molecule has 8 nitrogen and oxygen atoms in total. The molecule has 0 spiro atoms. The Bertz CT molecular complexity index is 690. The summed E-state index contributed by atoms with van der Waals surface area (Å²) in [5, 5.41) is 6.53. The number of aromatic nitrogens is 2. The predicted molar refractivity (Wildman–Crippen MR) is 113 cm³/mol. The van der Waals surface area contributed by atoms with Gasteiger partial charge in [0.1, 0.15) is 11.0 Å². The molecule has 0 aliphatic carbocycles. The summed E-state index contributed by atoms with van der Waals surface area (Å²) in [6, 6.07) is 1.73. The zero-order chi connectivity index (χ0) is 20.7. The molecule has 2 N–H and O–H groups in total. The molecule has 1 aromatic heterocycles. The lowest BCUT2D eigenvalue weighted by Crippen LogP contribution is -2.56.